The minimum Gasteiger partial charge on any atom is -0.481 e. The number of carboxylic acid groups (broad SMARTS) is 2. The van der Waals surface area contributed by atoms with E-state index in [1.54, 1.807) is 71.9 Å². The second-order valence-electron chi connectivity index (χ2n) is 23.3. The summed E-state index contributed by atoms with van der Waals surface area (Å²) in [6.07, 6.45) is -10.7. The predicted molar refractivity (Wildman–Crippen MR) is 321 cm³/mol. The SMILES string of the molecule is CC[C@H](C)[C@H](NC(=O)[C@@H](N)C(C)C)C(=O)N[C@H](C(=O)N[C@@H](C)C(=O)N[C@@H](Cc1ccccc1)C(=O)N[C@H](C(=O)N[C@@H](CCC(=O)O)C(=O)NCC(=O)N[C@@H](CC(C)C)C(=O)N[C@@H](CCCCN)C(=O)O)[C@@H](C)O[C@H]1O[C@H](CO)[C@H](O)[C@H](O)[C@H]1NC(C)=O)[C@@H](C)O. The van der Waals surface area contributed by atoms with E-state index in [1.807, 2.05) is 0 Å². The van der Waals surface area contributed by atoms with Crippen LogP contribution < -0.4 is 64.6 Å². The lowest BCUT2D eigenvalue weighted by molar-refractivity contribution is -0.281. The molecule has 10 amide bonds. The van der Waals surface area contributed by atoms with Crippen LogP contribution in [0.2, 0.25) is 0 Å². The molecule has 0 aliphatic carbocycles. The Hall–Kier alpha value is -7.46. The van der Waals surface area contributed by atoms with Crippen LogP contribution in [0.1, 0.15) is 120 Å². The van der Waals surface area contributed by atoms with Gasteiger partial charge in [-0.3, -0.25) is 52.7 Å². The minimum absolute atomic E-state index is 0.0261. The average Bonchev–Trinajstić information content (AvgIpc) is 0.913. The van der Waals surface area contributed by atoms with E-state index < -0.39 is 200 Å². The molecular weight excluding hydrogens is 1180 g/mol. The van der Waals surface area contributed by atoms with Crippen molar-refractivity contribution in [2.45, 2.75) is 218 Å². The van der Waals surface area contributed by atoms with E-state index in [2.05, 4.69) is 53.2 Å². The molecule has 1 heterocycles. The fourth-order valence-electron chi connectivity index (χ4n) is 9.21. The van der Waals surface area contributed by atoms with E-state index >= 15 is 0 Å². The summed E-state index contributed by atoms with van der Waals surface area (Å²) in [5.41, 5.74) is 12.0. The highest BCUT2D eigenvalue weighted by molar-refractivity contribution is 5.98. The maximum Gasteiger partial charge on any atom is 0.326 e. The first kappa shape index (κ1) is 78.6. The molecule has 20 N–H and O–H groups in total. The summed E-state index contributed by atoms with van der Waals surface area (Å²) in [7, 11) is 0. The molecule has 1 saturated heterocycles. The molecule has 1 aromatic rings. The zero-order chi connectivity index (χ0) is 68.3. The largest absolute Gasteiger partial charge is 0.481 e. The van der Waals surface area contributed by atoms with Gasteiger partial charge in [0.25, 0.3) is 0 Å². The molecular formula is C58H96N12O20. The van der Waals surface area contributed by atoms with E-state index in [4.69, 9.17) is 20.9 Å². The molecule has 0 unspecified atom stereocenters. The van der Waals surface area contributed by atoms with Gasteiger partial charge in [-0.05, 0) is 82.7 Å². The lowest BCUT2D eigenvalue weighted by atomic mass is 9.96. The van der Waals surface area contributed by atoms with Crippen molar-refractivity contribution in [1.29, 1.82) is 0 Å². The summed E-state index contributed by atoms with van der Waals surface area (Å²) in [6.45, 7) is 13.5. The third-order valence-electron chi connectivity index (χ3n) is 14.8. The number of carbonyl (C=O) groups excluding carboxylic acids is 10. The zero-order valence-electron chi connectivity index (χ0n) is 52.7. The van der Waals surface area contributed by atoms with Gasteiger partial charge >= 0.3 is 11.9 Å². The Labute approximate surface area is 523 Å². The molecule has 32 nitrogen and oxygen atoms in total. The summed E-state index contributed by atoms with van der Waals surface area (Å²) in [5, 5.41) is 86.3. The van der Waals surface area contributed by atoms with Gasteiger partial charge in [0, 0.05) is 19.8 Å². The number of carboxylic acids is 2. The van der Waals surface area contributed by atoms with Crippen molar-refractivity contribution < 1.29 is 97.6 Å². The molecule has 0 spiro atoms. The van der Waals surface area contributed by atoms with Crippen molar-refractivity contribution >= 4 is 71.0 Å². The van der Waals surface area contributed by atoms with Crippen LogP contribution in [0.25, 0.3) is 0 Å². The van der Waals surface area contributed by atoms with Crippen molar-refractivity contribution in [3.8, 4) is 0 Å². The Morgan fingerprint density at radius 2 is 1.21 bits per heavy atom. The number of benzene rings is 1. The number of aliphatic hydroxyl groups excluding tert-OH is 4. The van der Waals surface area contributed by atoms with E-state index in [1.165, 1.54) is 20.8 Å². The monoisotopic (exact) mass is 1280 g/mol. The van der Waals surface area contributed by atoms with Crippen LogP contribution in [0, 0.1) is 17.8 Å². The van der Waals surface area contributed by atoms with Crippen LogP contribution in [0.3, 0.4) is 0 Å². The van der Waals surface area contributed by atoms with Crippen molar-refractivity contribution in [3.63, 3.8) is 0 Å². The fraction of sp³-hybridized carbons (Fsp3) is 0.690. The summed E-state index contributed by atoms with van der Waals surface area (Å²) < 4.78 is 11.8. The number of hydrogen-bond acceptors (Lipinski definition) is 20. The topological polar surface area (TPSA) is 517 Å². The molecule has 1 fully saturated rings. The number of rotatable bonds is 39. The maximum absolute atomic E-state index is 14.8. The van der Waals surface area contributed by atoms with Gasteiger partial charge in [-0.2, -0.15) is 0 Å². The van der Waals surface area contributed by atoms with Crippen LogP contribution in [-0.4, -0.2) is 219 Å². The smallest absolute Gasteiger partial charge is 0.326 e. The normalized spacial score (nSPS) is 20.4. The number of hydrogen-bond donors (Lipinski definition) is 18. The molecule has 0 aromatic heterocycles. The Morgan fingerprint density at radius 1 is 0.644 bits per heavy atom. The van der Waals surface area contributed by atoms with E-state index in [0.717, 1.165) is 6.92 Å². The van der Waals surface area contributed by atoms with Gasteiger partial charge in [-0.15, -0.1) is 0 Å². The standard InChI is InChI=1S/C58H96N12O20/c1-11-29(6)43(68-53(83)42(60)28(4)5)54(84)69-44(31(8)72)55(85)62-30(7)49(79)67-38(24-34-17-13-12-14-18-34)52(82)70-45(32(9)89-58-46(63-33(10)73)48(78)47(77)39(26-71)90-58)56(86)65-35(20-21-41(75)76)50(80)61-25-40(74)64-37(23-27(2)3)51(81)66-36(57(87)88)19-15-16-22-59/h12-14,17-18,27-32,35-39,42-48,58,71-72,77-78H,11,15-16,19-26,59-60H2,1-10H3,(H,61,80)(H,62,85)(H,63,73)(H,64,74)(H,65,86)(H,66,81)(H,67,79)(H,68,83)(H,69,84)(H,70,82)(H,75,76)(H,87,88)/t29-,30-,31+,32+,35-,36-,37-,38-,39+,42-,43-,44-,45-,46+,47-,48+,58-/m0/s1. The number of amides is 10. The number of nitrogens with one attached hydrogen (secondary N) is 10. The Balaban J connectivity index is 2.62. The lowest BCUT2D eigenvalue weighted by Gasteiger charge is -2.43. The molecule has 17 atom stereocenters. The van der Waals surface area contributed by atoms with Gasteiger partial charge in [0.1, 0.15) is 72.7 Å². The second kappa shape index (κ2) is 38.9. The third kappa shape index (κ3) is 26.2. The number of carbonyl (C=O) groups is 12. The summed E-state index contributed by atoms with van der Waals surface area (Å²) in [6, 6.07) is -7.13. The molecule has 1 aliphatic rings. The minimum atomic E-state index is -2.04. The molecule has 1 aromatic carbocycles. The van der Waals surface area contributed by atoms with Crippen molar-refractivity contribution in [2.75, 3.05) is 19.7 Å². The van der Waals surface area contributed by atoms with Crippen molar-refractivity contribution in [1.82, 2.24) is 53.2 Å². The first-order chi connectivity index (χ1) is 42.2. The van der Waals surface area contributed by atoms with Gasteiger partial charge in [0.15, 0.2) is 6.29 Å². The summed E-state index contributed by atoms with van der Waals surface area (Å²) >= 11 is 0. The number of ether oxygens (including phenoxy) is 2. The molecule has 2 rings (SSSR count). The van der Waals surface area contributed by atoms with Crippen molar-refractivity contribution in [2.24, 2.45) is 29.2 Å². The van der Waals surface area contributed by atoms with E-state index in [-0.39, 0.29) is 37.6 Å². The highest BCUT2D eigenvalue weighted by Crippen LogP contribution is 2.24. The Bertz CT molecular complexity index is 2560. The third-order valence-corrected chi connectivity index (χ3v) is 14.8. The maximum atomic E-state index is 14.8. The predicted octanol–water partition coefficient (Wildman–Crippen LogP) is -4.87. The molecule has 0 saturated carbocycles. The molecule has 508 valence electrons. The van der Waals surface area contributed by atoms with Gasteiger partial charge in [-0.25, -0.2) is 4.79 Å². The highest BCUT2D eigenvalue weighted by Gasteiger charge is 2.47. The molecule has 90 heavy (non-hydrogen) atoms. The molecule has 32 heteroatoms. The quantitative estimate of drug-likeness (QED) is 0.0275. The number of aliphatic hydroxyl groups is 4. The lowest BCUT2D eigenvalue weighted by Crippen LogP contribution is -2.66. The zero-order valence-corrected chi connectivity index (χ0v) is 52.7. The number of nitrogens with two attached hydrogens (primary N) is 2. The van der Waals surface area contributed by atoms with Crippen LogP contribution >= 0.6 is 0 Å². The molecule has 0 bridgehead atoms. The number of unbranched alkanes of at least 4 members (excludes halogenated alkanes) is 1. The molecule has 0 radical (unpaired) electrons. The van der Waals surface area contributed by atoms with Crippen LogP contribution in [0.5, 0.6) is 0 Å². The van der Waals surface area contributed by atoms with E-state index in [9.17, 15) is 88.2 Å². The van der Waals surface area contributed by atoms with Gasteiger partial charge in [0.2, 0.25) is 59.1 Å². The Kier molecular flexibility index (Phi) is 34.0. The average molecular weight is 1280 g/mol. The molecule has 1 aliphatic heterocycles. The van der Waals surface area contributed by atoms with Crippen LogP contribution in [-0.2, 0) is 73.4 Å². The van der Waals surface area contributed by atoms with Gasteiger partial charge < -0.3 is 105 Å². The fourth-order valence-corrected chi connectivity index (χ4v) is 9.21. The first-order valence-corrected chi connectivity index (χ1v) is 30.0. The van der Waals surface area contributed by atoms with Gasteiger partial charge in [-0.1, -0.05) is 78.3 Å². The van der Waals surface area contributed by atoms with Crippen LogP contribution in [0.4, 0.5) is 0 Å². The summed E-state index contributed by atoms with van der Waals surface area (Å²) in [5.74, 6) is -13.5. The first-order valence-electron chi connectivity index (χ1n) is 30.0. The van der Waals surface area contributed by atoms with Crippen LogP contribution in [0.15, 0.2) is 30.3 Å². The van der Waals surface area contributed by atoms with Crippen molar-refractivity contribution in [3.05, 3.63) is 35.9 Å². The second-order valence-corrected chi connectivity index (χ2v) is 23.3. The highest BCUT2D eigenvalue weighted by atomic mass is 16.7. The summed E-state index contributed by atoms with van der Waals surface area (Å²) in [4.78, 5) is 161. The number of aliphatic carboxylic acids is 2. The van der Waals surface area contributed by atoms with Gasteiger partial charge in [0.05, 0.1) is 31.4 Å². The van der Waals surface area contributed by atoms with E-state index in [0.29, 0.717) is 24.8 Å². The Morgan fingerprint density at radius 3 is 1.76 bits per heavy atom.